The standard InChI is InChI=1S/C30H48O4/c1-5-9-14-23(7-3)16-13-21-33-29(31)26-19-11-17-25-18-12-20-27(28(25)26)30(32)34-22-24(8-4)15-10-6-2/h12,18,20,23-24,26H,5-11,13-17,19,21-22H2,1-4H3. The topological polar surface area (TPSA) is 52.6 Å². The molecule has 192 valence electrons. The summed E-state index contributed by atoms with van der Waals surface area (Å²) in [6.07, 6.45) is 13.9. The molecule has 34 heavy (non-hydrogen) atoms. The Labute approximate surface area is 208 Å². The highest BCUT2D eigenvalue weighted by atomic mass is 16.5. The van der Waals surface area contributed by atoms with Gasteiger partial charge in [0.15, 0.2) is 0 Å². The van der Waals surface area contributed by atoms with Gasteiger partial charge in [0, 0.05) is 0 Å². The maximum Gasteiger partial charge on any atom is 0.338 e. The lowest BCUT2D eigenvalue weighted by Gasteiger charge is -2.26. The Kier molecular flexibility index (Phi) is 13.3. The lowest BCUT2D eigenvalue weighted by atomic mass is 9.80. The average Bonchev–Trinajstić information content (AvgIpc) is 2.87. The second kappa shape index (κ2) is 15.9. The van der Waals surface area contributed by atoms with Crippen LogP contribution in [0, 0.1) is 11.8 Å². The smallest absolute Gasteiger partial charge is 0.338 e. The first-order valence-corrected chi connectivity index (χ1v) is 14.0. The van der Waals surface area contributed by atoms with Crippen LogP contribution in [0.2, 0.25) is 0 Å². The Morgan fingerprint density at radius 3 is 2.26 bits per heavy atom. The quantitative estimate of drug-likeness (QED) is 0.180. The van der Waals surface area contributed by atoms with Crippen LogP contribution >= 0.6 is 0 Å². The first kappa shape index (κ1) is 28.4. The van der Waals surface area contributed by atoms with E-state index in [9.17, 15) is 9.59 Å². The van der Waals surface area contributed by atoms with E-state index in [0.717, 1.165) is 74.8 Å². The highest BCUT2D eigenvalue weighted by molar-refractivity contribution is 5.94. The molecule has 1 aromatic carbocycles. The van der Waals surface area contributed by atoms with E-state index >= 15 is 0 Å². The van der Waals surface area contributed by atoms with Gasteiger partial charge in [-0.1, -0.05) is 84.8 Å². The summed E-state index contributed by atoms with van der Waals surface area (Å²) in [6.45, 7) is 9.73. The molecule has 0 amide bonds. The molecular weight excluding hydrogens is 424 g/mol. The maximum absolute atomic E-state index is 13.1. The van der Waals surface area contributed by atoms with Crippen LogP contribution in [0.1, 0.15) is 132 Å². The molecule has 0 heterocycles. The summed E-state index contributed by atoms with van der Waals surface area (Å²) in [5.74, 6) is 0.273. The fourth-order valence-corrected chi connectivity index (χ4v) is 5.16. The Bertz CT molecular complexity index is 741. The summed E-state index contributed by atoms with van der Waals surface area (Å²) in [7, 11) is 0. The summed E-state index contributed by atoms with van der Waals surface area (Å²) in [6, 6.07) is 5.78. The molecule has 0 radical (unpaired) electrons. The molecule has 2 rings (SSSR count). The van der Waals surface area contributed by atoms with Crippen LogP contribution in [0.5, 0.6) is 0 Å². The van der Waals surface area contributed by atoms with Crippen LogP contribution in [0.25, 0.3) is 0 Å². The molecule has 4 nitrogen and oxygen atoms in total. The Hall–Kier alpha value is -1.84. The second-order valence-corrected chi connectivity index (χ2v) is 10.1. The number of benzene rings is 1. The van der Waals surface area contributed by atoms with Crippen molar-refractivity contribution in [2.45, 2.75) is 117 Å². The van der Waals surface area contributed by atoms with Crippen molar-refractivity contribution in [3.05, 3.63) is 34.9 Å². The highest BCUT2D eigenvalue weighted by Gasteiger charge is 2.32. The lowest BCUT2D eigenvalue weighted by molar-refractivity contribution is -0.146. The van der Waals surface area contributed by atoms with Gasteiger partial charge in [0.2, 0.25) is 0 Å². The molecule has 0 N–H and O–H groups in total. The van der Waals surface area contributed by atoms with Gasteiger partial charge in [-0.2, -0.15) is 0 Å². The van der Waals surface area contributed by atoms with Gasteiger partial charge in [0.1, 0.15) is 0 Å². The third-order valence-electron chi connectivity index (χ3n) is 7.53. The number of unbranched alkanes of at least 4 members (excludes halogenated alkanes) is 2. The number of fused-ring (bicyclic) bond motifs is 1. The molecule has 0 spiro atoms. The van der Waals surface area contributed by atoms with E-state index in [1.165, 1.54) is 25.7 Å². The van der Waals surface area contributed by atoms with Crippen molar-refractivity contribution in [2.75, 3.05) is 13.2 Å². The SMILES string of the molecule is CCCCC(CC)CCCOC(=O)C1CCCc2cccc(C(=O)OCC(CC)CCCC)c21. The molecule has 0 aliphatic heterocycles. The number of ether oxygens (including phenoxy) is 2. The van der Waals surface area contributed by atoms with Crippen molar-refractivity contribution in [3.63, 3.8) is 0 Å². The molecule has 0 fully saturated rings. The van der Waals surface area contributed by atoms with Crippen molar-refractivity contribution in [3.8, 4) is 0 Å². The van der Waals surface area contributed by atoms with Crippen molar-refractivity contribution in [2.24, 2.45) is 11.8 Å². The minimum atomic E-state index is -0.364. The van der Waals surface area contributed by atoms with Crippen LogP contribution in [-0.4, -0.2) is 25.2 Å². The molecular formula is C30H48O4. The summed E-state index contributed by atoms with van der Waals surface area (Å²) in [5.41, 5.74) is 2.49. The van der Waals surface area contributed by atoms with Gasteiger partial charge in [0.25, 0.3) is 0 Å². The largest absolute Gasteiger partial charge is 0.465 e. The van der Waals surface area contributed by atoms with Gasteiger partial charge in [-0.05, 0) is 67.6 Å². The first-order valence-electron chi connectivity index (χ1n) is 14.0. The van der Waals surface area contributed by atoms with Crippen LogP contribution in [0.3, 0.4) is 0 Å². The van der Waals surface area contributed by atoms with Gasteiger partial charge in [-0.15, -0.1) is 0 Å². The number of carbonyl (C=O) groups is 2. The van der Waals surface area contributed by atoms with E-state index in [4.69, 9.17) is 9.47 Å². The minimum absolute atomic E-state index is 0.183. The van der Waals surface area contributed by atoms with E-state index in [0.29, 0.717) is 24.7 Å². The normalized spacial score (nSPS) is 17.0. The molecule has 1 aromatic rings. The molecule has 0 aromatic heterocycles. The maximum atomic E-state index is 13.1. The van der Waals surface area contributed by atoms with Crippen LogP contribution in [-0.2, 0) is 20.7 Å². The predicted molar refractivity (Wildman–Crippen MR) is 139 cm³/mol. The summed E-state index contributed by atoms with van der Waals surface area (Å²) >= 11 is 0. The van der Waals surface area contributed by atoms with E-state index < -0.39 is 0 Å². The van der Waals surface area contributed by atoms with Crippen LogP contribution in [0.15, 0.2) is 18.2 Å². The van der Waals surface area contributed by atoms with Crippen molar-refractivity contribution in [1.82, 2.24) is 0 Å². The number of rotatable bonds is 16. The zero-order valence-electron chi connectivity index (χ0n) is 22.2. The molecule has 0 bridgehead atoms. The van der Waals surface area contributed by atoms with E-state index in [1.807, 2.05) is 18.2 Å². The molecule has 4 heteroatoms. The number of carbonyl (C=O) groups excluding carboxylic acids is 2. The van der Waals surface area contributed by atoms with E-state index in [2.05, 4.69) is 27.7 Å². The summed E-state index contributed by atoms with van der Waals surface area (Å²) < 4.78 is 11.5. The number of aryl methyl sites for hydroxylation is 1. The molecule has 3 atom stereocenters. The van der Waals surface area contributed by atoms with Gasteiger partial charge >= 0.3 is 11.9 Å². The van der Waals surface area contributed by atoms with Gasteiger partial charge in [-0.3, -0.25) is 4.79 Å². The molecule has 0 saturated heterocycles. The molecule has 1 aliphatic carbocycles. The van der Waals surface area contributed by atoms with Crippen molar-refractivity contribution in [1.29, 1.82) is 0 Å². The van der Waals surface area contributed by atoms with Crippen molar-refractivity contribution < 1.29 is 19.1 Å². The minimum Gasteiger partial charge on any atom is -0.465 e. The molecule has 1 aliphatic rings. The average molecular weight is 473 g/mol. The Balaban J connectivity index is 1.99. The summed E-state index contributed by atoms with van der Waals surface area (Å²) in [5, 5.41) is 0. The Morgan fingerprint density at radius 2 is 1.59 bits per heavy atom. The second-order valence-electron chi connectivity index (χ2n) is 10.1. The number of hydrogen-bond acceptors (Lipinski definition) is 4. The highest BCUT2D eigenvalue weighted by Crippen LogP contribution is 2.35. The van der Waals surface area contributed by atoms with E-state index in [1.54, 1.807) is 0 Å². The fourth-order valence-electron chi connectivity index (χ4n) is 5.16. The first-order chi connectivity index (χ1) is 16.5. The van der Waals surface area contributed by atoms with Crippen molar-refractivity contribution >= 4 is 11.9 Å². The third kappa shape index (κ3) is 8.74. The zero-order chi connectivity index (χ0) is 24.8. The van der Waals surface area contributed by atoms with Gasteiger partial charge < -0.3 is 9.47 Å². The number of hydrogen-bond donors (Lipinski definition) is 0. The monoisotopic (exact) mass is 472 g/mol. The molecule has 3 unspecified atom stereocenters. The fraction of sp³-hybridized carbons (Fsp3) is 0.733. The van der Waals surface area contributed by atoms with Gasteiger partial charge in [0.05, 0.1) is 24.7 Å². The van der Waals surface area contributed by atoms with Crippen LogP contribution in [0.4, 0.5) is 0 Å². The number of esters is 2. The summed E-state index contributed by atoms with van der Waals surface area (Å²) in [4.78, 5) is 26.1. The Morgan fingerprint density at radius 1 is 0.912 bits per heavy atom. The molecule has 0 saturated carbocycles. The lowest BCUT2D eigenvalue weighted by Crippen LogP contribution is -2.25. The third-order valence-corrected chi connectivity index (χ3v) is 7.53. The zero-order valence-corrected chi connectivity index (χ0v) is 22.2. The van der Waals surface area contributed by atoms with Crippen LogP contribution < -0.4 is 0 Å². The van der Waals surface area contributed by atoms with E-state index in [-0.39, 0.29) is 17.9 Å². The predicted octanol–water partition coefficient (Wildman–Crippen LogP) is 8.02. The van der Waals surface area contributed by atoms with Gasteiger partial charge in [-0.25, -0.2) is 4.79 Å².